The van der Waals surface area contributed by atoms with Crippen LogP contribution in [-0.2, 0) is 0 Å². The molecule has 0 aliphatic carbocycles. The summed E-state index contributed by atoms with van der Waals surface area (Å²) in [6.07, 6.45) is 2.27. The van der Waals surface area contributed by atoms with Gasteiger partial charge in [0.05, 0.1) is 19.9 Å². The van der Waals surface area contributed by atoms with Crippen molar-refractivity contribution in [2.75, 3.05) is 46.7 Å². The Kier molecular flexibility index (Phi) is 7.76. The lowest BCUT2D eigenvalue weighted by atomic mass is 10.2. The second-order valence-electron chi connectivity index (χ2n) is 6.36. The molecule has 150 valence electrons. The van der Waals surface area contributed by atoms with Gasteiger partial charge in [0.25, 0.3) is 11.8 Å². The maximum Gasteiger partial charge on any atom is 0.269 e. The van der Waals surface area contributed by atoms with E-state index in [0.29, 0.717) is 29.3 Å². The minimum atomic E-state index is -0.368. The minimum absolute atomic E-state index is 0.194. The summed E-state index contributed by atoms with van der Waals surface area (Å²) in [5, 5.41) is 5.58. The van der Waals surface area contributed by atoms with E-state index in [2.05, 4.69) is 15.6 Å². The molecular weight excluding hydrogens is 360 g/mol. The molecule has 8 nitrogen and oxygen atoms in total. The smallest absolute Gasteiger partial charge is 0.269 e. The van der Waals surface area contributed by atoms with E-state index in [1.165, 1.54) is 19.4 Å². The van der Waals surface area contributed by atoms with Crippen molar-refractivity contribution in [3.8, 4) is 11.5 Å². The Morgan fingerprint density at radius 3 is 2.54 bits per heavy atom. The topological polar surface area (TPSA) is 92.8 Å². The van der Waals surface area contributed by atoms with Crippen LogP contribution in [0.25, 0.3) is 0 Å². The summed E-state index contributed by atoms with van der Waals surface area (Å²) in [4.78, 5) is 30.9. The molecule has 1 aromatic heterocycles. The highest BCUT2D eigenvalue weighted by Crippen LogP contribution is 2.29. The molecule has 2 aromatic rings. The number of nitrogens with one attached hydrogen (secondary N) is 2. The number of rotatable bonds is 9. The maximum atomic E-state index is 12.6. The van der Waals surface area contributed by atoms with Crippen molar-refractivity contribution in [2.24, 2.45) is 0 Å². The predicted molar refractivity (Wildman–Crippen MR) is 107 cm³/mol. The zero-order chi connectivity index (χ0) is 20.5. The molecule has 28 heavy (non-hydrogen) atoms. The number of anilines is 1. The average molecular weight is 386 g/mol. The van der Waals surface area contributed by atoms with Crippen LogP contribution < -0.4 is 20.1 Å². The van der Waals surface area contributed by atoms with Gasteiger partial charge in [0, 0.05) is 24.4 Å². The molecule has 0 saturated carbocycles. The molecule has 0 aliphatic heterocycles. The van der Waals surface area contributed by atoms with Crippen molar-refractivity contribution in [2.45, 2.75) is 6.42 Å². The third-order valence-corrected chi connectivity index (χ3v) is 3.98. The van der Waals surface area contributed by atoms with Crippen LogP contribution in [0.2, 0.25) is 0 Å². The lowest BCUT2D eigenvalue weighted by molar-refractivity contribution is 0.0947. The fourth-order valence-electron chi connectivity index (χ4n) is 2.48. The van der Waals surface area contributed by atoms with Crippen molar-refractivity contribution in [3.63, 3.8) is 0 Å². The Hall–Kier alpha value is -3.13. The normalized spacial score (nSPS) is 10.5. The quantitative estimate of drug-likeness (QED) is 0.641. The summed E-state index contributed by atoms with van der Waals surface area (Å²) in [5.74, 6) is 0.413. The summed E-state index contributed by atoms with van der Waals surface area (Å²) in [7, 11) is 7.01. The van der Waals surface area contributed by atoms with Crippen LogP contribution in [0.4, 0.5) is 5.69 Å². The molecule has 8 heteroatoms. The molecule has 0 saturated heterocycles. The Balaban J connectivity index is 2.05. The molecule has 0 aliphatic rings. The lowest BCUT2D eigenvalue weighted by Crippen LogP contribution is -2.28. The monoisotopic (exact) mass is 386 g/mol. The van der Waals surface area contributed by atoms with E-state index in [4.69, 9.17) is 9.47 Å². The first-order valence-corrected chi connectivity index (χ1v) is 8.87. The highest BCUT2D eigenvalue weighted by Gasteiger charge is 2.14. The summed E-state index contributed by atoms with van der Waals surface area (Å²) < 4.78 is 10.4. The predicted octanol–water partition coefficient (Wildman–Crippen LogP) is 2.03. The van der Waals surface area contributed by atoms with Crippen LogP contribution in [0.3, 0.4) is 0 Å². The van der Waals surface area contributed by atoms with Crippen molar-refractivity contribution in [1.29, 1.82) is 0 Å². The fourth-order valence-corrected chi connectivity index (χ4v) is 2.48. The molecule has 0 bridgehead atoms. The van der Waals surface area contributed by atoms with Gasteiger partial charge in [-0.05, 0) is 51.3 Å². The standard InChI is InChI=1S/C20H26N4O4/c1-24(2)11-5-9-22-20(26)17-12-14(8-10-21-17)19(25)23-16-7-6-15(27-3)13-18(16)28-4/h6-8,10,12-13H,5,9,11H2,1-4H3,(H,22,26)(H,23,25). The van der Waals surface area contributed by atoms with Crippen LogP contribution in [0.15, 0.2) is 36.5 Å². The number of carbonyl (C=O) groups excluding carboxylic acids is 2. The molecule has 0 radical (unpaired) electrons. The molecular formula is C20H26N4O4. The molecule has 0 fully saturated rings. The number of hydrogen-bond donors (Lipinski definition) is 2. The summed E-state index contributed by atoms with van der Waals surface area (Å²) in [6.45, 7) is 1.41. The molecule has 0 unspecified atom stereocenters. The number of amides is 2. The first-order valence-electron chi connectivity index (χ1n) is 8.87. The number of carbonyl (C=O) groups is 2. The van der Waals surface area contributed by atoms with E-state index in [9.17, 15) is 9.59 Å². The Morgan fingerprint density at radius 2 is 1.86 bits per heavy atom. The zero-order valence-corrected chi connectivity index (χ0v) is 16.6. The van der Waals surface area contributed by atoms with Crippen molar-refractivity contribution in [1.82, 2.24) is 15.2 Å². The summed E-state index contributed by atoms with van der Waals surface area (Å²) in [5.41, 5.74) is 1.02. The van der Waals surface area contributed by atoms with E-state index < -0.39 is 0 Å². The average Bonchev–Trinajstić information content (AvgIpc) is 2.71. The molecule has 1 aromatic carbocycles. The van der Waals surface area contributed by atoms with Crippen LogP contribution >= 0.6 is 0 Å². The molecule has 0 atom stereocenters. The van der Waals surface area contributed by atoms with E-state index in [-0.39, 0.29) is 17.5 Å². The molecule has 2 N–H and O–H groups in total. The van der Waals surface area contributed by atoms with Gasteiger partial charge in [0.2, 0.25) is 0 Å². The second kappa shape index (κ2) is 10.3. The number of ether oxygens (including phenoxy) is 2. The van der Waals surface area contributed by atoms with E-state index in [1.807, 2.05) is 19.0 Å². The van der Waals surface area contributed by atoms with Gasteiger partial charge in [0.1, 0.15) is 17.2 Å². The third kappa shape index (κ3) is 5.95. The van der Waals surface area contributed by atoms with Gasteiger partial charge in [-0.15, -0.1) is 0 Å². The highest BCUT2D eigenvalue weighted by molar-refractivity contribution is 6.06. The third-order valence-electron chi connectivity index (χ3n) is 3.98. The van der Waals surface area contributed by atoms with Gasteiger partial charge in [-0.2, -0.15) is 0 Å². The Bertz CT molecular complexity index is 824. The van der Waals surface area contributed by atoms with E-state index >= 15 is 0 Å². The number of methoxy groups -OCH3 is 2. The highest BCUT2D eigenvalue weighted by atomic mass is 16.5. The molecule has 2 rings (SSSR count). The SMILES string of the molecule is COc1ccc(NC(=O)c2ccnc(C(=O)NCCCN(C)C)c2)c(OC)c1. The van der Waals surface area contributed by atoms with Gasteiger partial charge in [0.15, 0.2) is 0 Å². The fraction of sp³-hybridized carbons (Fsp3) is 0.350. The van der Waals surface area contributed by atoms with Crippen LogP contribution in [-0.4, -0.2) is 63.1 Å². The molecule has 0 spiro atoms. The van der Waals surface area contributed by atoms with Gasteiger partial charge in [-0.25, -0.2) is 0 Å². The lowest BCUT2D eigenvalue weighted by Gasteiger charge is -2.12. The van der Waals surface area contributed by atoms with Crippen molar-refractivity contribution < 1.29 is 19.1 Å². The van der Waals surface area contributed by atoms with E-state index in [0.717, 1.165) is 13.0 Å². The summed E-state index contributed by atoms with van der Waals surface area (Å²) >= 11 is 0. The Morgan fingerprint density at radius 1 is 1.07 bits per heavy atom. The Labute approximate surface area is 164 Å². The van der Waals surface area contributed by atoms with Crippen LogP contribution in [0, 0.1) is 0 Å². The number of aromatic nitrogens is 1. The van der Waals surface area contributed by atoms with Crippen LogP contribution in [0.1, 0.15) is 27.3 Å². The number of nitrogens with zero attached hydrogens (tertiary/aromatic N) is 2. The van der Waals surface area contributed by atoms with Gasteiger partial charge >= 0.3 is 0 Å². The first-order chi connectivity index (χ1) is 13.4. The van der Waals surface area contributed by atoms with Crippen molar-refractivity contribution >= 4 is 17.5 Å². The number of hydrogen-bond acceptors (Lipinski definition) is 6. The molecule has 2 amide bonds. The second-order valence-corrected chi connectivity index (χ2v) is 6.36. The van der Waals surface area contributed by atoms with Gasteiger partial charge < -0.3 is 25.0 Å². The number of benzene rings is 1. The van der Waals surface area contributed by atoms with E-state index in [1.54, 1.807) is 31.4 Å². The first kappa shape index (κ1) is 21.2. The zero-order valence-electron chi connectivity index (χ0n) is 16.6. The maximum absolute atomic E-state index is 12.6. The van der Waals surface area contributed by atoms with Gasteiger partial charge in [-0.1, -0.05) is 0 Å². The van der Waals surface area contributed by atoms with Crippen molar-refractivity contribution in [3.05, 3.63) is 47.8 Å². The van der Waals surface area contributed by atoms with Crippen LogP contribution in [0.5, 0.6) is 11.5 Å². The number of pyridine rings is 1. The largest absolute Gasteiger partial charge is 0.497 e. The summed E-state index contributed by atoms with van der Waals surface area (Å²) in [6, 6.07) is 8.10. The molecule has 1 heterocycles. The van der Waals surface area contributed by atoms with Gasteiger partial charge in [-0.3, -0.25) is 14.6 Å². The minimum Gasteiger partial charge on any atom is -0.497 e.